The number of rotatable bonds is 4. The van der Waals surface area contributed by atoms with Crippen molar-refractivity contribution in [3.05, 3.63) is 30.1 Å². The number of nitrogens with zero attached hydrogens (tertiary/aromatic N) is 3. The number of fused-ring (bicyclic) bond motifs is 1. The van der Waals surface area contributed by atoms with Gasteiger partial charge in [-0.05, 0) is 32.9 Å². The topological polar surface area (TPSA) is 66.4 Å². The van der Waals surface area contributed by atoms with Gasteiger partial charge in [0.05, 0.1) is 19.1 Å². The lowest BCUT2D eigenvalue weighted by atomic mass is 10.2. The molecule has 8 heteroatoms. The zero-order valence-corrected chi connectivity index (χ0v) is 16.1. The molecule has 2 aliphatic heterocycles. The fraction of sp³-hybridized carbons (Fsp3) is 0.579. The first-order chi connectivity index (χ1) is 12.8. The number of benzene rings is 1. The number of hydrogen-bond donors (Lipinski definition) is 1. The predicted octanol–water partition coefficient (Wildman–Crippen LogP) is 2.08. The van der Waals surface area contributed by atoms with Crippen LogP contribution >= 0.6 is 0 Å². The minimum Gasteiger partial charge on any atom is -0.492 e. The average molecular weight is 378 g/mol. The molecule has 2 aliphatic rings. The predicted molar refractivity (Wildman–Crippen MR) is 101 cm³/mol. The van der Waals surface area contributed by atoms with Crippen molar-refractivity contribution in [3.63, 3.8) is 0 Å². The molecule has 0 radical (unpaired) electrons. The normalized spacial score (nSPS) is 19.4. The van der Waals surface area contributed by atoms with Gasteiger partial charge in [-0.3, -0.25) is 4.99 Å². The molecule has 7 nitrogen and oxygen atoms in total. The van der Waals surface area contributed by atoms with Gasteiger partial charge in [-0.1, -0.05) is 6.07 Å². The second-order valence-corrected chi connectivity index (χ2v) is 7.67. The Kier molecular flexibility index (Phi) is 5.72. The Morgan fingerprint density at radius 3 is 2.93 bits per heavy atom. The van der Waals surface area contributed by atoms with Crippen LogP contribution in [0.2, 0.25) is 0 Å². The molecule has 1 saturated heterocycles. The van der Waals surface area contributed by atoms with Crippen LogP contribution in [0.25, 0.3) is 0 Å². The van der Waals surface area contributed by atoms with Crippen LogP contribution in [-0.4, -0.2) is 72.8 Å². The van der Waals surface area contributed by atoms with Gasteiger partial charge in [0.1, 0.15) is 23.8 Å². The lowest BCUT2D eigenvalue weighted by Crippen LogP contribution is -2.57. The summed E-state index contributed by atoms with van der Waals surface area (Å²) in [5.41, 5.74) is -0.491. The summed E-state index contributed by atoms with van der Waals surface area (Å²) in [5, 5.41) is 3.27. The van der Waals surface area contributed by atoms with Crippen molar-refractivity contribution in [2.24, 2.45) is 4.99 Å². The average Bonchev–Trinajstić information content (AvgIpc) is 2.99. The highest BCUT2D eigenvalue weighted by atomic mass is 19.1. The largest absolute Gasteiger partial charge is 0.492 e. The summed E-state index contributed by atoms with van der Waals surface area (Å²) in [5.74, 6) is 1.02. The van der Waals surface area contributed by atoms with Crippen molar-refractivity contribution in [2.45, 2.75) is 32.4 Å². The Labute approximate surface area is 159 Å². The van der Waals surface area contributed by atoms with E-state index in [0.717, 1.165) is 5.96 Å². The first-order valence-electron chi connectivity index (χ1n) is 9.23. The van der Waals surface area contributed by atoms with Crippen molar-refractivity contribution < 1.29 is 18.7 Å². The molecule has 148 valence electrons. The smallest absolute Gasteiger partial charge is 0.410 e. The first kappa shape index (κ1) is 19.3. The van der Waals surface area contributed by atoms with Gasteiger partial charge in [-0.15, -0.1) is 0 Å². The van der Waals surface area contributed by atoms with Gasteiger partial charge in [0, 0.05) is 25.7 Å². The molecule has 3 rings (SSSR count). The zero-order valence-electron chi connectivity index (χ0n) is 16.1. The molecule has 0 aliphatic carbocycles. The van der Waals surface area contributed by atoms with Gasteiger partial charge >= 0.3 is 6.09 Å². The Morgan fingerprint density at radius 2 is 2.19 bits per heavy atom. The maximum Gasteiger partial charge on any atom is 0.410 e. The van der Waals surface area contributed by atoms with Crippen LogP contribution < -0.4 is 10.1 Å². The van der Waals surface area contributed by atoms with Gasteiger partial charge < -0.3 is 24.6 Å². The van der Waals surface area contributed by atoms with Crippen molar-refractivity contribution in [1.29, 1.82) is 0 Å². The molecule has 1 unspecified atom stereocenters. The number of hydrogen-bond acceptors (Lipinski definition) is 6. The molecular weight excluding hydrogens is 351 g/mol. The van der Waals surface area contributed by atoms with Crippen molar-refractivity contribution in [2.75, 3.05) is 39.3 Å². The number of piperazine rings is 1. The van der Waals surface area contributed by atoms with E-state index in [1.54, 1.807) is 17.0 Å². The number of guanidine groups is 1. The van der Waals surface area contributed by atoms with Crippen LogP contribution in [0.1, 0.15) is 20.8 Å². The molecule has 1 N–H and O–H groups in total. The van der Waals surface area contributed by atoms with Gasteiger partial charge in [-0.25, -0.2) is 9.18 Å². The summed E-state index contributed by atoms with van der Waals surface area (Å²) in [6, 6.07) is 6.25. The summed E-state index contributed by atoms with van der Waals surface area (Å²) >= 11 is 0. The number of carbonyl (C=O) groups is 1. The summed E-state index contributed by atoms with van der Waals surface area (Å²) in [6.07, 6.45) is -0.271. The lowest BCUT2D eigenvalue weighted by Gasteiger charge is -2.39. The van der Waals surface area contributed by atoms with E-state index in [9.17, 15) is 9.18 Å². The van der Waals surface area contributed by atoms with Gasteiger partial charge in [-0.2, -0.15) is 0 Å². The SMILES string of the molecule is CC(C)(C)OC(=O)N1CCN2C(NCCOc3cccc(F)c3)=NCC2C1. The molecule has 0 aromatic heterocycles. The van der Waals surface area contributed by atoms with E-state index in [4.69, 9.17) is 9.47 Å². The van der Waals surface area contributed by atoms with Gasteiger partial charge in [0.2, 0.25) is 0 Å². The number of amides is 1. The Bertz CT molecular complexity index is 704. The van der Waals surface area contributed by atoms with E-state index < -0.39 is 5.60 Å². The highest BCUT2D eigenvalue weighted by Crippen LogP contribution is 2.18. The maximum atomic E-state index is 13.1. The van der Waals surface area contributed by atoms with E-state index in [1.807, 2.05) is 20.8 Å². The number of nitrogens with one attached hydrogen (secondary N) is 1. The van der Waals surface area contributed by atoms with Gasteiger partial charge in [0.15, 0.2) is 5.96 Å². The summed E-state index contributed by atoms with van der Waals surface area (Å²) in [6.45, 7) is 9.14. The minimum absolute atomic E-state index is 0.165. The maximum absolute atomic E-state index is 13.1. The molecular formula is C19H27FN4O3. The van der Waals surface area contributed by atoms with E-state index in [1.165, 1.54) is 12.1 Å². The quantitative estimate of drug-likeness (QED) is 0.813. The highest BCUT2D eigenvalue weighted by Gasteiger charge is 2.36. The van der Waals surface area contributed by atoms with E-state index in [0.29, 0.717) is 45.1 Å². The molecule has 0 spiro atoms. The third-order valence-corrected chi connectivity index (χ3v) is 4.31. The van der Waals surface area contributed by atoms with E-state index in [2.05, 4.69) is 15.2 Å². The molecule has 1 aromatic rings. The molecule has 1 atom stereocenters. The van der Waals surface area contributed by atoms with Crippen LogP contribution in [0.4, 0.5) is 9.18 Å². The third-order valence-electron chi connectivity index (χ3n) is 4.31. The number of aliphatic imine (C=N–C) groups is 1. The molecule has 2 heterocycles. The molecule has 0 saturated carbocycles. The third kappa shape index (κ3) is 5.24. The lowest BCUT2D eigenvalue weighted by molar-refractivity contribution is 0.0137. The molecule has 0 bridgehead atoms. The van der Waals surface area contributed by atoms with Crippen molar-refractivity contribution >= 4 is 12.1 Å². The fourth-order valence-electron chi connectivity index (χ4n) is 3.11. The molecule has 1 amide bonds. The van der Waals surface area contributed by atoms with E-state index in [-0.39, 0.29) is 18.0 Å². The highest BCUT2D eigenvalue weighted by molar-refractivity contribution is 5.82. The minimum atomic E-state index is -0.491. The zero-order chi connectivity index (χ0) is 19.4. The van der Waals surface area contributed by atoms with E-state index >= 15 is 0 Å². The number of ether oxygens (including phenoxy) is 2. The number of halogens is 1. The second kappa shape index (κ2) is 8.02. The monoisotopic (exact) mass is 378 g/mol. The van der Waals surface area contributed by atoms with Crippen molar-refractivity contribution in [3.8, 4) is 5.75 Å². The summed E-state index contributed by atoms with van der Waals surface area (Å²) in [7, 11) is 0. The summed E-state index contributed by atoms with van der Waals surface area (Å²) < 4.78 is 24.1. The Balaban J connectivity index is 1.42. The van der Waals surface area contributed by atoms with Gasteiger partial charge in [0.25, 0.3) is 0 Å². The van der Waals surface area contributed by atoms with Crippen LogP contribution in [0.5, 0.6) is 5.75 Å². The van der Waals surface area contributed by atoms with Crippen LogP contribution in [0.15, 0.2) is 29.3 Å². The standard InChI is InChI=1S/C19H27FN4O3/c1-19(2,3)27-18(25)23-8-9-24-15(13-23)12-22-17(24)21-7-10-26-16-6-4-5-14(20)11-16/h4-6,11,15H,7-10,12-13H2,1-3H3,(H,21,22). The second-order valence-electron chi connectivity index (χ2n) is 7.67. The Hall–Kier alpha value is -2.51. The number of carbonyl (C=O) groups excluding carboxylic acids is 1. The van der Waals surface area contributed by atoms with Crippen LogP contribution in [0.3, 0.4) is 0 Å². The molecule has 1 fully saturated rings. The van der Waals surface area contributed by atoms with Crippen molar-refractivity contribution in [1.82, 2.24) is 15.1 Å². The van der Waals surface area contributed by atoms with Crippen LogP contribution in [0, 0.1) is 5.82 Å². The summed E-state index contributed by atoms with van der Waals surface area (Å²) in [4.78, 5) is 20.7. The molecule has 1 aromatic carbocycles. The Morgan fingerprint density at radius 1 is 1.37 bits per heavy atom. The fourth-order valence-corrected chi connectivity index (χ4v) is 3.11. The first-order valence-corrected chi connectivity index (χ1v) is 9.23. The van der Waals surface area contributed by atoms with Crippen LogP contribution in [-0.2, 0) is 4.74 Å². The molecule has 27 heavy (non-hydrogen) atoms.